The normalized spacial score (nSPS) is 17.8. The number of carbonyl (C=O) groups excluding carboxylic acids is 2. The van der Waals surface area contributed by atoms with Crippen molar-refractivity contribution in [2.24, 2.45) is 5.16 Å². The van der Waals surface area contributed by atoms with Crippen molar-refractivity contribution < 1.29 is 18.8 Å². The highest BCUT2D eigenvalue weighted by molar-refractivity contribution is 6.42. The van der Waals surface area contributed by atoms with E-state index in [0.29, 0.717) is 27.9 Å². The first-order chi connectivity index (χ1) is 13.4. The highest BCUT2D eigenvalue weighted by atomic mass is 35.5. The smallest absolute Gasteiger partial charge is 0.243 e. The Kier molecular flexibility index (Phi) is 6.59. The van der Waals surface area contributed by atoms with E-state index < -0.39 is 6.04 Å². The van der Waals surface area contributed by atoms with E-state index in [-0.39, 0.29) is 31.5 Å². The number of furan rings is 1. The third-order valence-electron chi connectivity index (χ3n) is 4.29. The zero-order chi connectivity index (χ0) is 20.1. The van der Waals surface area contributed by atoms with Crippen LogP contribution in [0, 0.1) is 0 Å². The summed E-state index contributed by atoms with van der Waals surface area (Å²) < 4.78 is 5.20. The molecule has 2 aromatic rings. The van der Waals surface area contributed by atoms with E-state index >= 15 is 0 Å². The number of hydrogen-bond donors (Lipinski definition) is 1. The molecule has 0 unspecified atom stereocenters. The van der Waals surface area contributed by atoms with Crippen LogP contribution in [-0.4, -0.2) is 35.0 Å². The third kappa shape index (κ3) is 5.05. The van der Waals surface area contributed by atoms with Gasteiger partial charge in [-0.2, -0.15) is 0 Å². The Morgan fingerprint density at radius 3 is 2.82 bits per heavy atom. The summed E-state index contributed by atoms with van der Waals surface area (Å²) in [5.74, 6) is 0.175. The number of halogens is 2. The number of rotatable bonds is 6. The van der Waals surface area contributed by atoms with Crippen LogP contribution in [0.3, 0.4) is 0 Å². The number of oxime groups is 1. The topological polar surface area (TPSA) is 84.1 Å². The Bertz CT molecular complexity index is 883. The van der Waals surface area contributed by atoms with Crippen molar-refractivity contribution in [2.75, 3.05) is 6.54 Å². The lowest BCUT2D eigenvalue weighted by Crippen LogP contribution is -2.44. The Labute approximate surface area is 172 Å². The average Bonchev–Trinajstić information content (AvgIpc) is 3.32. The molecular formula is C19H19Cl2N3O4. The fraction of sp³-hybridized carbons (Fsp3) is 0.316. The molecule has 0 spiro atoms. The quantitative estimate of drug-likeness (QED) is 0.721. The molecule has 2 heterocycles. The molecule has 2 amide bonds. The van der Waals surface area contributed by atoms with E-state index in [0.717, 1.165) is 5.56 Å². The number of hydrogen-bond acceptors (Lipinski definition) is 5. The summed E-state index contributed by atoms with van der Waals surface area (Å²) in [6.45, 7) is 2.13. The van der Waals surface area contributed by atoms with Crippen molar-refractivity contribution in [2.45, 2.75) is 32.5 Å². The number of likely N-dealkylation sites (tertiary alicyclic amines) is 1. The molecule has 1 aliphatic heterocycles. The minimum Gasteiger partial charge on any atom is -0.467 e. The minimum atomic E-state index is -0.625. The van der Waals surface area contributed by atoms with Crippen molar-refractivity contribution in [3.8, 4) is 0 Å². The lowest BCUT2D eigenvalue weighted by Gasteiger charge is -2.21. The molecular weight excluding hydrogens is 405 g/mol. The highest BCUT2D eigenvalue weighted by Crippen LogP contribution is 2.23. The van der Waals surface area contributed by atoms with E-state index in [9.17, 15) is 9.59 Å². The van der Waals surface area contributed by atoms with Crippen LogP contribution in [0.2, 0.25) is 10.0 Å². The van der Waals surface area contributed by atoms with Gasteiger partial charge < -0.3 is 19.5 Å². The van der Waals surface area contributed by atoms with Gasteiger partial charge in [0.15, 0.2) is 0 Å². The lowest BCUT2D eigenvalue weighted by atomic mass is 10.2. The molecule has 1 fully saturated rings. The molecule has 1 aromatic carbocycles. The summed E-state index contributed by atoms with van der Waals surface area (Å²) in [5.41, 5.74) is 1.43. The molecule has 0 radical (unpaired) electrons. The molecule has 28 heavy (non-hydrogen) atoms. The summed E-state index contributed by atoms with van der Waals surface area (Å²) in [6, 6.07) is 8.06. The maximum absolute atomic E-state index is 12.5. The third-order valence-corrected chi connectivity index (χ3v) is 5.03. The first-order valence-corrected chi connectivity index (χ1v) is 9.38. The molecule has 1 N–H and O–H groups in total. The molecule has 1 atom stereocenters. The van der Waals surface area contributed by atoms with Gasteiger partial charge in [-0.3, -0.25) is 9.59 Å². The van der Waals surface area contributed by atoms with Gasteiger partial charge in [0, 0.05) is 13.3 Å². The second-order valence-corrected chi connectivity index (χ2v) is 7.16. The summed E-state index contributed by atoms with van der Waals surface area (Å²) in [5, 5.41) is 7.77. The number of nitrogens with one attached hydrogen (secondary N) is 1. The molecule has 0 bridgehead atoms. The monoisotopic (exact) mass is 423 g/mol. The molecule has 1 aromatic heterocycles. The van der Waals surface area contributed by atoms with Gasteiger partial charge in [0.1, 0.15) is 18.4 Å². The van der Waals surface area contributed by atoms with Gasteiger partial charge in [-0.1, -0.05) is 34.4 Å². The van der Waals surface area contributed by atoms with Gasteiger partial charge in [-0.15, -0.1) is 0 Å². The van der Waals surface area contributed by atoms with Crippen LogP contribution in [0.15, 0.2) is 46.2 Å². The second-order valence-electron chi connectivity index (χ2n) is 6.34. The van der Waals surface area contributed by atoms with E-state index in [2.05, 4.69) is 10.5 Å². The van der Waals surface area contributed by atoms with E-state index in [4.69, 9.17) is 32.5 Å². The van der Waals surface area contributed by atoms with Gasteiger partial charge in [-0.25, -0.2) is 0 Å². The van der Waals surface area contributed by atoms with Crippen molar-refractivity contribution >= 4 is 40.7 Å². The predicted molar refractivity (Wildman–Crippen MR) is 105 cm³/mol. The van der Waals surface area contributed by atoms with Crippen LogP contribution in [0.4, 0.5) is 0 Å². The first-order valence-electron chi connectivity index (χ1n) is 8.63. The zero-order valence-corrected chi connectivity index (χ0v) is 16.7. The fourth-order valence-electron chi connectivity index (χ4n) is 2.87. The second kappa shape index (κ2) is 9.12. The molecule has 0 aliphatic carbocycles. The summed E-state index contributed by atoms with van der Waals surface area (Å²) >= 11 is 11.9. The fourth-order valence-corrected chi connectivity index (χ4v) is 3.19. The largest absolute Gasteiger partial charge is 0.467 e. The first kappa shape index (κ1) is 20.2. The Hall–Kier alpha value is -2.51. The van der Waals surface area contributed by atoms with Crippen LogP contribution in [0.25, 0.3) is 0 Å². The maximum Gasteiger partial charge on any atom is 0.243 e. The van der Waals surface area contributed by atoms with Crippen molar-refractivity contribution in [3.63, 3.8) is 0 Å². The van der Waals surface area contributed by atoms with Crippen LogP contribution >= 0.6 is 23.2 Å². The minimum absolute atomic E-state index is 0.201. The van der Waals surface area contributed by atoms with Crippen LogP contribution in [0.5, 0.6) is 0 Å². The van der Waals surface area contributed by atoms with Gasteiger partial charge in [-0.05, 0) is 29.8 Å². The molecule has 3 rings (SSSR count). The highest BCUT2D eigenvalue weighted by Gasteiger charge is 2.36. The van der Waals surface area contributed by atoms with E-state index in [1.54, 1.807) is 30.3 Å². The molecule has 0 saturated carbocycles. The Morgan fingerprint density at radius 2 is 2.14 bits per heavy atom. The van der Waals surface area contributed by atoms with Crippen LogP contribution < -0.4 is 5.32 Å². The van der Waals surface area contributed by atoms with E-state index in [1.807, 2.05) is 0 Å². The Morgan fingerprint density at radius 1 is 1.32 bits per heavy atom. The molecule has 1 aliphatic rings. The number of carbonyl (C=O) groups is 2. The van der Waals surface area contributed by atoms with Gasteiger partial charge in [0.05, 0.1) is 35.1 Å². The zero-order valence-electron chi connectivity index (χ0n) is 15.2. The van der Waals surface area contributed by atoms with Crippen molar-refractivity contribution in [1.82, 2.24) is 10.2 Å². The predicted octanol–water partition coefficient (Wildman–Crippen LogP) is 3.40. The molecule has 7 nitrogen and oxygen atoms in total. The Balaban J connectivity index is 1.58. The van der Waals surface area contributed by atoms with Gasteiger partial charge >= 0.3 is 0 Å². The molecule has 148 valence electrons. The SMILES string of the molecule is CC(=O)N1CC(=NOCc2ccc(Cl)c(Cl)c2)C[C@H]1C(=O)NCc1ccco1. The van der Waals surface area contributed by atoms with Crippen molar-refractivity contribution in [1.29, 1.82) is 0 Å². The summed E-state index contributed by atoms with van der Waals surface area (Å²) in [7, 11) is 0. The maximum atomic E-state index is 12.5. The van der Waals surface area contributed by atoms with Gasteiger partial charge in [0.25, 0.3) is 0 Å². The standard InChI is InChI=1S/C19H19Cl2N3O4/c1-12(25)24-10-14(23-28-11-13-4-5-16(20)17(21)7-13)8-18(24)19(26)22-9-15-3-2-6-27-15/h2-7,18H,8-11H2,1H3,(H,22,26)/t18-/m0/s1. The lowest BCUT2D eigenvalue weighted by molar-refractivity contribution is -0.136. The van der Waals surface area contributed by atoms with E-state index in [1.165, 1.54) is 18.1 Å². The van der Waals surface area contributed by atoms with Crippen molar-refractivity contribution in [3.05, 3.63) is 58.0 Å². The molecule has 9 heteroatoms. The van der Waals surface area contributed by atoms with Crippen LogP contribution in [0.1, 0.15) is 24.7 Å². The number of nitrogens with zero attached hydrogens (tertiary/aromatic N) is 2. The molecule has 1 saturated heterocycles. The average molecular weight is 424 g/mol. The number of amides is 2. The number of benzene rings is 1. The van der Waals surface area contributed by atoms with Crippen LogP contribution in [-0.2, 0) is 27.6 Å². The summed E-state index contributed by atoms with van der Waals surface area (Å²) in [4.78, 5) is 31.3. The van der Waals surface area contributed by atoms with Gasteiger partial charge in [0.2, 0.25) is 11.8 Å². The summed E-state index contributed by atoms with van der Waals surface area (Å²) in [6.07, 6.45) is 1.85.